The summed E-state index contributed by atoms with van der Waals surface area (Å²) >= 11 is 6.28. The summed E-state index contributed by atoms with van der Waals surface area (Å²) in [6, 6.07) is 22.5. The SMILES string of the molecule is O=C(c1ccccc1OCc1ccccc1)n1nc(OCCCN2CCCCC2)c2cc(Cl)ccc21. The summed E-state index contributed by atoms with van der Waals surface area (Å²) in [7, 11) is 0. The van der Waals surface area contributed by atoms with E-state index in [0.717, 1.165) is 37.0 Å². The van der Waals surface area contributed by atoms with Crippen LogP contribution in [0.3, 0.4) is 0 Å². The van der Waals surface area contributed by atoms with Crippen LogP contribution in [0.15, 0.2) is 72.8 Å². The number of benzene rings is 3. The highest BCUT2D eigenvalue weighted by atomic mass is 35.5. The molecule has 2 heterocycles. The van der Waals surface area contributed by atoms with Gasteiger partial charge in [0.25, 0.3) is 5.91 Å². The number of fused-ring (bicyclic) bond motifs is 1. The van der Waals surface area contributed by atoms with Crippen LogP contribution in [-0.2, 0) is 6.61 Å². The van der Waals surface area contributed by atoms with Gasteiger partial charge in [-0.25, -0.2) is 0 Å². The monoisotopic (exact) mass is 503 g/mol. The Balaban J connectivity index is 1.35. The van der Waals surface area contributed by atoms with E-state index >= 15 is 0 Å². The number of aromatic nitrogens is 2. The van der Waals surface area contributed by atoms with Crippen LogP contribution in [0.2, 0.25) is 5.02 Å². The molecule has 1 fully saturated rings. The fraction of sp³-hybridized carbons (Fsp3) is 0.310. The van der Waals surface area contributed by atoms with E-state index in [9.17, 15) is 4.79 Å². The summed E-state index contributed by atoms with van der Waals surface area (Å²) in [6.07, 6.45) is 4.77. The molecule has 0 aliphatic carbocycles. The number of rotatable bonds is 9. The summed E-state index contributed by atoms with van der Waals surface area (Å²) in [5, 5.41) is 5.86. The number of para-hydroxylation sites is 1. The molecule has 3 aromatic carbocycles. The lowest BCUT2D eigenvalue weighted by Gasteiger charge is -2.26. The molecule has 0 saturated carbocycles. The zero-order chi connectivity index (χ0) is 24.7. The molecule has 7 heteroatoms. The van der Waals surface area contributed by atoms with Crippen LogP contribution in [0, 0.1) is 0 Å². The number of halogens is 1. The van der Waals surface area contributed by atoms with Gasteiger partial charge < -0.3 is 14.4 Å². The lowest BCUT2D eigenvalue weighted by molar-refractivity contribution is 0.0943. The van der Waals surface area contributed by atoms with Crippen LogP contribution in [0.5, 0.6) is 11.6 Å². The van der Waals surface area contributed by atoms with Gasteiger partial charge in [-0.15, -0.1) is 5.10 Å². The lowest BCUT2D eigenvalue weighted by atomic mass is 10.1. The number of carbonyl (C=O) groups is 1. The van der Waals surface area contributed by atoms with Crippen LogP contribution < -0.4 is 9.47 Å². The molecule has 0 amide bonds. The quantitative estimate of drug-likeness (QED) is 0.254. The van der Waals surface area contributed by atoms with Gasteiger partial charge in [0.15, 0.2) is 0 Å². The van der Waals surface area contributed by atoms with Crippen molar-refractivity contribution < 1.29 is 14.3 Å². The molecule has 186 valence electrons. The van der Waals surface area contributed by atoms with Crippen molar-refractivity contribution in [1.29, 1.82) is 0 Å². The molecular weight excluding hydrogens is 474 g/mol. The Kier molecular flexibility index (Phi) is 7.84. The first-order chi connectivity index (χ1) is 17.7. The molecule has 6 nitrogen and oxygen atoms in total. The molecule has 0 atom stereocenters. The van der Waals surface area contributed by atoms with E-state index in [1.807, 2.05) is 42.5 Å². The van der Waals surface area contributed by atoms with Gasteiger partial charge in [-0.2, -0.15) is 4.68 Å². The van der Waals surface area contributed by atoms with E-state index in [1.165, 1.54) is 23.9 Å². The molecule has 1 saturated heterocycles. The third-order valence-corrected chi connectivity index (χ3v) is 6.70. The van der Waals surface area contributed by atoms with Gasteiger partial charge in [0.05, 0.1) is 23.1 Å². The topological polar surface area (TPSA) is 56.6 Å². The van der Waals surface area contributed by atoms with E-state index in [1.54, 1.807) is 30.3 Å². The van der Waals surface area contributed by atoms with Crippen LogP contribution in [0.25, 0.3) is 10.9 Å². The van der Waals surface area contributed by atoms with Gasteiger partial charge in [0.2, 0.25) is 5.88 Å². The highest BCUT2D eigenvalue weighted by molar-refractivity contribution is 6.31. The van der Waals surface area contributed by atoms with E-state index in [-0.39, 0.29) is 5.91 Å². The molecule has 1 aliphatic heterocycles. The Labute approximate surface area is 216 Å². The number of hydrogen-bond donors (Lipinski definition) is 0. The molecule has 1 aliphatic rings. The Morgan fingerprint density at radius 2 is 1.69 bits per heavy atom. The van der Waals surface area contributed by atoms with Crippen molar-refractivity contribution in [3.8, 4) is 11.6 Å². The molecule has 1 aromatic heterocycles. The maximum absolute atomic E-state index is 13.7. The summed E-state index contributed by atoms with van der Waals surface area (Å²) in [6.45, 7) is 4.22. The van der Waals surface area contributed by atoms with Crippen molar-refractivity contribution in [3.05, 3.63) is 88.9 Å². The fourth-order valence-corrected chi connectivity index (χ4v) is 4.75. The van der Waals surface area contributed by atoms with Gasteiger partial charge in [-0.05, 0) is 68.2 Å². The number of hydrogen-bond acceptors (Lipinski definition) is 5. The number of carbonyl (C=O) groups excluding carboxylic acids is 1. The maximum atomic E-state index is 13.7. The van der Waals surface area contributed by atoms with Gasteiger partial charge in [-0.1, -0.05) is 60.5 Å². The minimum absolute atomic E-state index is 0.283. The number of ether oxygens (including phenoxy) is 2. The van der Waals surface area contributed by atoms with E-state index in [2.05, 4.69) is 10.00 Å². The average Bonchev–Trinajstić information content (AvgIpc) is 3.28. The number of likely N-dealkylation sites (tertiary alicyclic amines) is 1. The molecule has 0 unspecified atom stereocenters. The van der Waals surface area contributed by atoms with Crippen molar-refractivity contribution >= 4 is 28.4 Å². The Bertz CT molecular complexity index is 1320. The van der Waals surface area contributed by atoms with Crippen molar-refractivity contribution in [2.75, 3.05) is 26.2 Å². The zero-order valence-electron chi connectivity index (χ0n) is 20.2. The second-order valence-electron chi connectivity index (χ2n) is 9.06. The first-order valence-electron chi connectivity index (χ1n) is 12.5. The Hall–Kier alpha value is -3.35. The lowest BCUT2D eigenvalue weighted by Crippen LogP contribution is -2.31. The Morgan fingerprint density at radius 1 is 0.917 bits per heavy atom. The highest BCUT2D eigenvalue weighted by Gasteiger charge is 2.21. The number of piperidine rings is 1. The van der Waals surface area contributed by atoms with Crippen molar-refractivity contribution in [2.45, 2.75) is 32.3 Å². The first-order valence-corrected chi connectivity index (χ1v) is 12.9. The Morgan fingerprint density at radius 3 is 2.53 bits per heavy atom. The largest absolute Gasteiger partial charge is 0.488 e. The standard InChI is InChI=1S/C29H30ClN3O3/c30-23-14-15-26-25(20-23)28(35-19-9-18-32-16-7-2-8-17-32)31-33(26)29(34)24-12-5-6-13-27(24)36-21-22-10-3-1-4-11-22/h1,3-6,10-15,20H,2,7-9,16-19,21H2. The molecule has 0 bridgehead atoms. The van der Waals surface area contributed by atoms with Gasteiger partial charge in [0.1, 0.15) is 12.4 Å². The second kappa shape index (κ2) is 11.6. The third kappa shape index (κ3) is 5.72. The minimum Gasteiger partial charge on any atom is -0.488 e. The summed E-state index contributed by atoms with van der Waals surface area (Å²) < 4.78 is 13.5. The van der Waals surface area contributed by atoms with Crippen LogP contribution in [0.1, 0.15) is 41.6 Å². The fourth-order valence-electron chi connectivity index (χ4n) is 4.58. The average molecular weight is 504 g/mol. The normalized spacial score (nSPS) is 14.1. The minimum atomic E-state index is -0.283. The van der Waals surface area contributed by atoms with E-state index in [0.29, 0.717) is 40.9 Å². The van der Waals surface area contributed by atoms with Crippen molar-refractivity contribution in [2.24, 2.45) is 0 Å². The summed E-state index contributed by atoms with van der Waals surface area (Å²) in [5.74, 6) is 0.643. The van der Waals surface area contributed by atoms with Crippen LogP contribution in [-0.4, -0.2) is 46.8 Å². The van der Waals surface area contributed by atoms with E-state index < -0.39 is 0 Å². The van der Waals surface area contributed by atoms with E-state index in [4.69, 9.17) is 21.1 Å². The molecule has 4 aromatic rings. The molecule has 5 rings (SSSR count). The smallest absolute Gasteiger partial charge is 0.282 e. The zero-order valence-corrected chi connectivity index (χ0v) is 21.0. The molecule has 0 spiro atoms. The van der Waals surface area contributed by atoms with Crippen LogP contribution >= 0.6 is 11.6 Å². The second-order valence-corrected chi connectivity index (χ2v) is 9.49. The maximum Gasteiger partial charge on any atom is 0.282 e. The molecule has 0 radical (unpaired) electrons. The third-order valence-electron chi connectivity index (χ3n) is 6.46. The van der Waals surface area contributed by atoms with Gasteiger partial charge in [0, 0.05) is 11.6 Å². The summed E-state index contributed by atoms with van der Waals surface area (Å²) in [5.41, 5.74) is 2.11. The predicted molar refractivity (Wildman–Crippen MR) is 142 cm³/mol. The predicted octanol–water partition coefficient (Wildman–Crippen LogP) is 6.21. The van der Waals surface area contributed by atoms with Crippen molar-refractivity contribution in [3.63, 3.8) is 0 Å². The molecule has 36 heavy (non-hydrogen) atoms. The molecule has 0 N–H and O–H groups in total. The van der Waals surface area contributed by atoms with Crippen LogP contribution in [0.4, 0.5) is 0 Å². The summed E-state index contributed by atoms with van der Waals surface area (Å²) in [4.78, 5) is 16.1. The number of nitrogens with zero attached hydrogens (tertiary/aromatic N) is 3. The highest BCUT2D eigenvalue weighted by Crippen LogP contribution is 2.30. The van der Waals surface area contributed by atoms with Gasteiger partial charge >= 0.3 is 0 Å². The van der Waals surface area contributed by atoms with Crippen molar-refractivity contribution in [1.82, 2.24) is 14.7 Å². The molecular formula is C29H30ClN3O3. The first kappa shape index (κ1) is 24.3. The van der Waals surface area contributed by atoms with Gasteiger partial charge in [-0.3, -0.25) is 4.79 Å².